The fourth-order valence-corrected chi connectivity index (χ4v) is 3.32. The zero-order valence-corrected chi connectivity index (χ0v) is 14.9. The number of likely N-dealkylation sites (tertiary alicyclic amines) is 1. The summed E-state index contributed by atoms with van der Waals surface area (Å²) in [5.74, 6) is -0.0822. The van der Waals surface area contributed by atoms with Gasteiger partial charge in [0.2, 0.25) is 5.91 Å². The van der Waals surface area contributed by atoms with E-state index in [0.29, 0.717) is 12.3 Å². The molecule has 1 fully saturated rings. The molecule has 142 valence electrons. The highest BCUT2D eigenvalue weighted by Gasteiger charge is 2.37. The van der Waals surface area contributed by atoms with Gasteiger partial charge in [0.25, 0.3) is 11.5 Å². The number of rotatable bonds is 4. The number of nitrogens with one attached hydrogen (secondary N) is 3. The van der Waals surface area contributed by atoms with Crippen molar-refractivity contribution in [3.8, 4) is 5.75 Å². The number of aromatic nitrogens is 2. The molecule has 9 heteroatoms. The number of ether oxygens (including phenoxy) is 1. The first-order valence-corrected chi connectivity index (χ1v) is 8.41. The van der Waals surface area contributed by atoms with E-state index in [1.54, 1.807) is 7.11 Å². The minimum atomic E-state index is -0.741. The molecule has 0 unspecified atom stereocenters. The van der Waals surface area contributed by atoms with Crippen molar-refractivity contribution in [3.63, 3.8) is 0 Å². The summed E-state index contributed by atoms with van der Waals surface area (Å²) in [5, 5.41) is 2.87. The highest BCUT2D eigenvalue weighted by atomic mass is 16.5. The minimum Gasteiger partial charge on any atom is -0.497 e. The van der Waals surface area contributed by atoms with Gasteiger partial charge in [-0.05, 0) is 17.7 Å². The Balaban J connectivity index is 1.87. The van der Waals surface area contributed by atoms with E-state index in [2.05, 4.69) is 10.3 Å². The summed E-state index contributed by atoms with van der Waals surface area (Å²) in [4.78, 5) is 53.1. The predicted octanol–water partition coefficient (Wildman–Crippen LogP) is -0.184. The van der Waals surface area contributed by atoms with Crippen molar-refractivity contribution in [3.05, 3.63) is 62.4 Å². The third-order valence-electron chi connectivity index (χ3n) is 4.53. The average Bonchev–Trinajstić information content (AvgIpc) is 3.03. The molecule has 3 rings (SSSR count). The van der Waals surface area contributed by atoms with Crippen molar-refractivity contribution in [1.29, 1.82) is 0 Å². The molecule has 1 aromatic carbocycles. The minimum absolute atomic E-state index is 0.0827. The van der Waals surface area contributed by atoms with Gasteiger partial charge in [-0.3, -0.25) is 19.4 Å². The lowest BCUT2D eigenvalue weighted by molar-refractivity contribution is -0.119. The number of benzene rings is 1. The van der Waals surface area contributed by atoms with Gasteiger partial charge in [0.15, 0.2) is 0 Å². The molecule has 0 radical (unpaired) electrons. The van der Waals surface area contributed by atoms with Crippen LogP contribution in [-0.2, 0) is 4.79 Å². The van der Waals surface area contributed by atoms with E-state index < -0.39 is 17.2 Å². The van der Waals surface area contributed by atoms with E-state index in [-0.39, 0.29) is 30.1 Å². The normalized spacial score (nSPS) is 19.0. The number of hydrogen-bond acceptors (Lipinski definition) is 5. The average molecular weight is 372 g/mol. The van der Waals surface area contributed by atoms with Crippen molar-refractivity contribution in [2.45, 2.75) is 18.9 Å². The molecule has 9 nitrogen and oxygen atoms in total. The lowest BCUT2D eigenvalue weighted by atomic mass is 9.94. The fourth-order valence-electron chi connectivity index (χ4n) is 3.32. The number of H-pyrrole nitrogens is 2. The van der Waals surface area contributed by atoms with Crippen LogP contribution in [0, 0.1) is 0 Å². The van der Waals surface area contributed by atoms with Crippen LogP contribution in [0.25, 0.3) is 0 Å². The van der Waals surface area contributed by atoms with Gasteiger partial charge in [0.1, 0.15) is 11.4 Å². The Labute approximate surface area is 154 Å². The topological polar surface area (TPSA) is 124 Å². The van der Waals surface area contributed by atoms with Crippen molar-refractivity contribution in [2.24, 2.45) is 0 Å². The van der Waals surface area contributed by atoms with Crippen molar-refractivity contribution in [1.82, 2.24) is 20.2 Å². The SMILES string of the molecule is COc1ccc([C@@H]2CN(C(=O)c3cc(=O)[nH]c(=O)[nH]3)C[C@H]2NC(C)=O)cc1. The van der Waals surface area contributed by atoms with Gasteiger partial charge in [-0.2, -0.15) is 0 Å². The number of nitrogens with zero attached hydrogens (tertiary/aromatic N) is 1. The van der Waals surface area contributed by atoms with Crippen molar-refractivity contribution >= 4 is 11.8 Å². The second-order valence-corrected chi connectivity index (χ2v) is 6.40. The van der Waals surface area contributed by atoms with E-state index in [4.69, 9.17) is 4.74 Å². The van der Waals surface area contributed by atoms with Gasteiger partial charge < -0.3 is 19.9 Å². The summed E-state index contributed by atoms with van der Waals surface area (Å²) in [5.41, 5.74) is -0.522. The van der Waals surface area contributed by atoms with Gasteiger partial charge >= 0.3 is 5.69 Å². The van der Waals surface area contributed by atoms with E-state index >= 15 is 0 Å². The molecule has 1 aliphatic heterocycles. The Morgan fingerprint density at radius 3 is 2.44 bits per heavy atom. The molecule has 0 saturated carbocycles. The van der Waals surface area contributed by atoms with Gasteiger partial charge in [0, 0.05) is 32.0 Å². The Morgan fingerprint density at radius 1 is 1.15 bits per heavy atom. The molecular formula is C18H20N4O5. The Morgan fingerprint density at radius 2 is 1.85 bits per heavy atom. The summed E-state index contributed by atoms with van der Waals surface area (Å²) < 4.78 is 5.16. The van der Waals surface area contributed by atoms with Crippen LogP contribution in [0.15, 0.2) is 39.9 Å². The molecular weight excluding hydrogens is 352 g/mol. The quantitative estimate of drug-likeness (QED) is 0.687. The van der Waals surface area contributed by atoms with E-state index in [0.717, 1.165) is 11.6 Å². The zero-order valence-electron chi connectivity index (χ0n) is 14.9. The van der Waals surface area contributed by atoms with Crippen molar-refractivity contribution < 1.29 is 14.3 Å². The molecule has 2 aromatic rings. The van der Waals surface area contributed by atoms with Crippen LogP contribution in [-0.4, -0.2) is 52.9 Å². The number of carbonyl (C=O) groups is 2. The second-order valence-electron chi connectivity index (χ2n) is 6.40. The summed E-state index contributed by atoms with van der Waals surface area (Å²) in [7, 11) is 1.58. The van der Waals surface area contributed by atoms with E-state index in [1.807, 2.05) is 29.2 Å². The van der Waals surface area contributed by atoms with Crippen LogP contribution in [0.1, 0.15) is 28.9 Å². The van der Waals surface area contributed by atoms with Gasteiger partial charge in [0.05, 0.1) is 13.2 Å². The predicted molar refractivity (Wildman–Crippen MR) is 96.9 cm³/mol. The molecule has 27 heavy (non-hydrogen) atoms. The molecule has 2 heterocycles. The monoisotopic (exact) mass is 372 g/mol. The fraction of sp³-hybridized carbons (Fsp3) is 0.333. The number of methoxy groups -OCH3 is 1. The molecule has 0 aliphatic carbocycles. The molecule has 2 amide bonds. The first-order chi connectivity index (χ1) is 12.9. The molecule has 0 spiro atoms. The van der Waals surface area contributed by atoms with Crippen LogP contribution in [0.3, 0.4) is 0 Å². The Hall–Kier alpha value is -3.36. The number of hydrogen-bond donors (Lipinski definition) is 3. The maximum Gasteiger partial charge on any atom is 0.326 e. The highest BCUT2D eigenvalue weighted by Crippen LogP contribution is 2.29. The van der Waals surface area contributed by atoms with Gasteiger partial charge in [-0.15, -0.1) is 0 Å². The summed E-state index contributed by atoms with van der Waals surface area (Å²) in [6.07, 6.45) is 0. The van der Waals surface area contributed by atoms with Gasteiger partial charge in [-0.1, -0.05) is 12.1 Å². The number of carbonyl (C=O) groups excluding carboxylic acids is 2. The maximum absolute atomic E-state index is 12.7. The van der Waals surface area contributed by atoms with Crippen molar-refractivity contribution in [2.75, 3.05) is 20.2 Å². The van der Waals surface area contributed by atoms with Gasteiger partial charge in [-0.25, -0.2) is 4.79 Å². The molecule has 1 saturated heterocycles. The standard InChI is InChI=1S/C18H20N4O5/c1-10(23)19-15-9-22(17(25)14-7-16(24)21-18(26)20-14)8-13(15)11-3-5-12(27-2)6-4-11/h3-7,13,15H,8-9H2,1-2H3,(H,19,23)(H2,20,21,24,26)/t13-,15+/m0/s1. The third kappa shape index (κ3) is 4.08. The smallest absolute Gasteiger partial charge is 0.326 e. The first-order valence-electron chi connectivity index (χ1n) is 8.41. The lowest BCUT2D eigenvalue weighted by Gasteiger charge is -2.19. The molecule has 1 aliphatic rings. The van der Waals surface area contributed by atoms with Crippen LogP contribution in [0.4, 0.5) is 0 Å². The molecule has 0 bridgehead atoms. The molecule has 3 N–H and O–H groups in total. The second kappa shape index (κ2) is 7.48. The van der Waals surface area contributed by atoms with E-state index in [1.165, 1.54) is 11.8 Å². The van der Waals surface area contributed by atoms with Crippen LogP contribution >= 0.6 is 0 Å². The highest BCUT2D eigenvalue weighted by molar-refractivity contribution is 5.92. The van der Waals surface area contributed by atoms with E-state index in [9.17, 15) is 19.2 Å². The molecule has 2 atom stereocenters. The van der Waals surface area contributed by atoms with Crippen LogP contribution in [0.2, 0.25) is 0 Å². The summed E-state index contributed by atoms with van der Waals surface area (Å²) in [6.45, 7) is 2.03. The summed E-state index contributed by atoms with van der Waals surface area (Å²) in [6, 6.07) is 8.19. The number of amides is 2. The lowest BCUT2D eigenvalue weighted by Crippen LogP contribution is -2.39. The maximum atomic E-state index is 12.7. The first kappa shape index (κ1) is 18.4. The van der Waals surface area contributed by atoms with Crippen LogP contribution in [0.5, 0.6) is 5.75 Å². The number of aromatic amines is 2. The Bertz CT molecular complexity index is 934. The van der Waals surface area contributed by atoms with Crippen LogP contribution < -0.4 is 21.3 Å². The largest absolute Gasteiger partial charge is 0.497 e. The zero-order chi connectivity index (χ0) is 19.6. The third-order valence-corrected chi connectivity index (χ3v) is 4.53. The Kier molecular flexibility index (Phi) is 5.11. The molecule has 1 aromatic heterocycles. The summed E-state index contributed by atoms with van der Waals surface area (Å²) >= 11 is 0.